The van der Waals surface area contributed by atoms with Crippen molar-refractivity contribution in [1.82, 2.24) is 10.2 Å². The Morgan fingerprint density at radius 1 is 1.15 bits per heavy atom. The minimum absolute atomic E-state index is 0. The first-order valence-corrected chi connectivity index (χ1v) is 5.27. The van der Waals surface area contributed by atoms with E-state index in [0.29, 0.717) is 5.56 Å². The summed E-state index contributed by atoms with van der Waals surface area (Å²) in [5.74, 6) is -2.22. The van der Waals surface area contributed by atoms with Gasteiger partial charge in [-0.2, -0.15) is 0 Å². The maximum absolute atomic E-state index is 11.8. The van der Waals surface area contributed by atoms with E-state index in [0.717, 1.165) is 4.90 Å². The van der Waals surface area contributed by atoms with E-state index >= 15 is 0 Å². The van der Waals surface area contributed by atoms with Crippen molar-refractivity contribution < 1.29 is 30.1 Å². The highest BCUT2D eigenvalue weighted by molar-refractivity contribution is 6.30. The summed E-state index contributed by atoms with van der Waals surface area (Å²) in [5.41, 5.74) is 0.115. The second kappa shape index (κ2) is 5.41. The maximum atomic E-state index is 11.8. The molecule has 1 heterocycles. The molecule has 0 aliphatic carbocycles. The van der Waals surface area contributed by atoms with Crippen molar-refractivity contribution in [1.29, 1.82) is 0 Å². The van der Waals surface area contributed by atoms with Gasteiger partial charge in [-0.1, -0.05) is 6.07 Å². The normalized spacial score (nSPS) is 16.9. The average molecular weight is 280 g/mol. The topological polar surface area (TPSA) is 138 Å². The van der Waals surface area contributed by atoms with Gasteiger partial charge in [-0.15, -0.1) is 0 Å². The Morgan fingerprint density at radius 2 is 1.80 bits per heavy atom. The zero-order chi connectivity index (χ0) is 14.2. The first kappa shape index (κ1) is 15.2. The fraction of sp³-hybridized carbons (Fsp3) is 0.0833. The molecule has 8 nitrogen and oxygen atoms in total. The van der Waals surface area contributed by atoms with E-state index in [1.54, 1.807) is 0 Å². The predicted octanol–water partition coefficient (Wildman–Crippen LogP) is -0.635. The summed E-state index contributed by atoms with van der Waals surface area (Å²) >= 11 is 0. The Bertz CT molecular complexity index is 622. The van der Waals surface area contributed by atoms with E-state index in [1.807, 2.05) is 5.32 Å². The number of hydrogen-bond donors (Lipinski definition) is 3. The molecule has 4 amide bonds. The molecular weight excluding hydrogens is 268 g/mol. The molecule has 0 saturated carbocycles. The number of phenolic OH excluding ortho intramolecular Hbond substituents is 2. The van der Waals surface area contributed by atoms with Crippen LogP contribution in [0.4, 0.5) is 4.79 Å². The quantitative estimate of drug-likeness (QED) is 0.357. The number of benzene rings is 1. The summed E-state index contributed by atoms with van der Waals surface area (Å²) in [6.45, 7) is 0. The monoisotopic (exact) mass is 280 g/mol. The number of carbonyl (C=O) groups is 3. The number of urea groups is 1. The molecule has 0 aromatic heterocycles. The summed E-state index contributed by atoms with van der Waals surface area (Å²) in [6, 6.07) is 3.04. The first-order chi connectivity index (χ1) is 8.90. The minimum Gasteiger partial charge on any atom is -0.504 e. The van der Waals surface area contributed by atoms with Crippen LogP contribution in [0.25, 0.3) is 6.08 Å². The van der Waals surface area contributed by atoms with Crippen molar-refractivity contribution in [2.45, 2.75) is 0 Å². The summed E-state index contributed by atoms with van der Waals surface area (Å²) in [4.78, 5) is 35.3. The van der Waals surface area contributed by atoms with Crippen molar-refractivity contribution in [3.8, 4) is 11.5 Å². The number of rotatable bonds is 1. The molecule has 1 aliphatic rings. The molecule has 1 aliphatic heterocycles. The van der Waals surface area contributed by atoms with Gasteiger partial charge < -0.3 is 15.7 Å². The molecule has 1 aromatic carbocycles. The number of hydrogen-bond acceptors (Lipinski definition) is 5. The van der Waals surface area contributed by atoms with Crippen LogP contribution in [0.3, 0.4) is 0 Å². The van der Waals surface area contributed by atoms with Crippen LogP contribution in [-0.2, 0) is 9.59 Å². The van der Waals surface area contributed by atoms with Gasteiger partial charge in [0, 0.05) is 7.05 Å². The van der Waals surface area contributed by atoms with Crippen molar-refractivity contribution in [3.05, 3.63) is 29.3 Å². The number of amides is 4. The van der Waals surface area contributed by atoms with Crippen LogP contribution in [0.1, 0.15) is 5.56 Å². The molecule has 1 saturated heterocycles. The highest BCUT2D eigenvalue weighted by atomic mass is 16.3. The van der Waals surface area contributed by atoms with Gasteiger partial charge in [0.25, 0.3) is 11.8 Å². The standard InChI is InChI=1S/C12H10N2O5.H2O/c1-14-11(18)7(10(17)13-12(14)19)4-6-2-3-8(15)9(16)5-6;/h2-5,15-16H,1H3,(H,13,17,19);1H2/b7-4+;. The summed E-state index contributed by atoms with van der Waals surface area (Å²) in [7, 11) is 1.24. The van der Waals surface area contributed by atoms with Crippen molar-refractivity contribution in [3.63, 3.8) is 0 Å². The molecule has 0 spiro atoms. The highest BCUT2D eigenvalue weighted by Crippen LogP contribution is 2.26. The average Bonchev–Trinajstić information content (AvgIpc) is 2.36. The van der Waals surface area contributed by atoms with Crippen LogP contribution < -0.4 is 5.32 Å². The number of nitrogens with zero attached hydrogens (tertiary/aromatic N) is 1. The molecule has 1 aromatic rings. The van der Waals surface area contributed by atoms with Crippen LogP contribution in [0.2, 0.25) is 0 Å². The van der Waals surface area contributed by atoms with E-state index in [2.05, 4.69) is 0 Å². The number of likely N-dealkylation sites (N-methyl/N-ethyl adjacent to an activating group) is 1. The number of phenols is 2. The Labute approximate surface area is 113 Å². The molecule has 0 unspecified atom stereocenters. The third-order valence-corrected chi connectivity index (χ3v) is 2.62. The Kier molecular flexibility index (Phi) is 4.11. The summed E-state index contributed by atoms with van der Waals surface area (Å²) in [5, 5.41) is 20.5. The lowest BCUT2D eigenvalue weighted by atomic mass is 10.1. The molecular formula is C12H12N2O6. The second-order valence-corrected chi connectivity index (χ2v) is 3.93. The Balaban J connectivity index is 0.00000200. The predicted molar refractivity (Wildman–Crippen MR) is 67.7 cm³/mol. The zero-order valence-corrected chi connectivity index (χ0v) is 10.4. The SMILES string of the molecule is CN1C(=O)NC(=O)/C(=C\c2ccc(O)c(O)c2)C1=O.O. The zero-order valence-electron chi connectivity index (χ0n) is 10.4. The number of barbiturate groups is 1. The molecule has 0 radical (unpaired) electrons. The molecule has 106 valence electrons. The molecule has 8 heteroatoms. The lowest BCUT2D eigenvalue weighted by Gasteiger charge is -2.22. The molecule has 20 heavy (non-hydrogen) atoms. The number of imide groups is 2. The minimum atomic E-state index is -0.805. The van der Waals surface area contributed by atoms with Crippen molar-refractivity contribution in [2.24, 2.45) is 0 Å². The molecule has 1 fully saturated rings. The van der Waals surface area contributed by atoms with Crippen LogP contribution in [-0.4, -0.2) is 45.5 Å². The van der Waals surface area contributed by atoms with Crippen LogP contribution in [0.5, 0.6) is 11.5 Å². The highest BCUT2D eigenvalue weighted by Gasteiger charge is 2.32. The molecule has 0 bridgehead atoms. The fourth-order valence-electron chi connectivity index (χ4n) is 1.54. The number of aromatic hydroxyl groups is 2. The smallest absolute Gasteiger partial charge is 0.331 e. The van der Waals surface area contributed by atoms with Gasteiger partial charge in [-0.25, -0.2) is 4.79 Å². The summed E-state index contributed by atoms with van der Waals surface area (Å²) < 4.78 is 0. The van der Waals surface area contributed by atoms with E-state index in [-0.39, 0.29) is 22.5 Å². The number of carbonyl (C=O) groups excluding carboxylic acids is 3. The summed E-state index contributed by atoms with van der Waals surface area (Å²) in [6.07, 6.45) is 1.22. The molecule has 2 rings (SSSR count). The van der Waals surface area contributed by atoms with E-state index in [9.17, 15) is 19.5 Å². The van der Waals surface area contributed by atoms with Gasteiger partial charge in [0.2, 0.25) is 0 Å². The van der Waals surface area contributed by atoms with Gasteiger partial charge in [0.1, 0.15) is 5.57 Å². The Morgan fingerprint density at radius 3 is 2.40 bits per heavy atom. The van der Waals surface area contributed by atoms with Gasteiger partial charge in [-0.05, 0) is 23.8 Å². The van der Waals surface area contributed by atoms with Crippen molar-refractivity contribution in [2.75, 3.05) is 7.05 Å². The van der Waals surface area contributed by atoms with Crippen LogP contribution in [0.15, 0.2) is 23.8 Å². The fourth-order valence-corrected chi connectivity index (χ4v) is 1.54. The van der Waals surface area contributed by atoms with Crippen LogP contribution >= 0.6 is 0 Å². The van der Waals surface area contributed by atoms with Crippen LogP contribution in [0, 0.1) is 0 Å². The van der Waals surface area contributed by atoms with Gasteiger partial charge in [-0.3, -0.25) is 19.8 Å². The lowest BCUT2D eigenvalue weighted by molar-refractivity contribution is -0.129. The van der Waals surface area contributed by atoms with Crippen molar-refractivity contribution >= 4 is 23.9 Å². The molecule has 5 N–H and O–H groups in total. The van der Waals surface area contributed by atoms with Gasteiger partial charge in [0.05, 0.1) is 0 Å². The van der Waals surface area contributed by atoms with E-state index in [1.165, 1.54) is 31.3 Å². The maximum Gasteiger partial charge on any atom is 0.331 e. The molecule has 0 atom stereocenters. The first-order valence-electron chi connectivity index (χ1n) is 5.27. The Hall–Kier alpha value is -2.87. The van der Waals surface area contributed by atoms with E-state index in [4.69, 9.17) is 5.11 Å². The largest absolute Gasteiger partial charge is 0.504 e. The van der Waals surface area contributed by atoms with Gasteiger partial charge >= 0.3 is 6.03 Å². The third-order valence-electron chi connectivity index (χ3n) is 2.62. The van der Waals surface area contributed by atoms with Gasteiger partial charge in [0.15, 0.2) is 11.5 Å². The lowest BCUT2D eigenvalue weighted by Crippen LogP contribution is -2.52. The van der Waals surface area contributed by atoms with E-state index < -0.39 is 17.8 Å². The second-order valence-electron chi connectivity index (χ2n) is 3.93. The third kappa shape index (κ3) is 2.59. The number of nitrogens with one attached hydrogen (secondary N) is 1.